The number of halogens is 2. The number of carbonyl (C=O) groups excluding carboxylic acids is 1. The number of rotatable bonds is 8. The largest absolute Gasteiger partial charge is 0.355 e. The third-order valence-electron chi connectivity index (χ3n) is 4.11. The summed E-state index contributed by atoms with van der Waals surface area (Å²) in [5, 5.41) is 4.80. The summed E-state index contributed by atoms with van der Waals surface area (Å²) in [6, 6.07) is 8.35. The van der Waals surface area contributed by atoms with Crippen LogP contribution in [0, 0.1) is 11.6 Å². The Balaban J connectivity index is 1.47. The molecule has 1 amide bonds. The molecule has 1 aliphatic rings. The lowest BCUT2D eigenvalue weighted by Crippen LogP contribution is -2.38. The molecule has 1 N–H and O–H groups in total. The fourth-order valence-electron chi connectivity index (χ4n) is 2.69. The Kier molecular flexibility index (Phi) is 5.58. The molecule has 0 saturated heterocycles. The van der Waals surface area contributed by atoms with Crippen LogP contribution < -0.4 is 5.32 Å². The molecule has 1 aromatic carbocycles. The number of hydrogen-bond acceptors (Lipinski definition) is 3. The smallest absolute Gasteiger partial charge is 0.234 e. The Morgan fingerprint density at radius 3 is 2.58 bits per heavy atom. The van der Waals surface area contributed by atoms with Crippen molar-refractivity contribution in [2.24, 2.45) is 0 Å². The third-order valence-corrected chi connectivity index (χ3v) is 4.97. The van der Waals surface area contributed by atoms with Gasteiger partial charge in [-0.05, 0) is 42.8 Å². The van der Waals surface area contributed by atoms with Gasteiger partial charge in [0.15, 0.2) is 0 Å². The lowest BCUT2D eigenvalue weighted by molar-refractivity contribution is -0.122. The van der Waals surface area contributed by atoms with Crippen LogP contribution in [0.15, 0.2) is 35.7 Å². The molecule has 1 aliphatic carbocycles. The van der Waals surface area contributed by atoms with Gasteiger partial charge in [0.25, 0.3) is 0 Å². The van der Waals surface area contributed by atoms with Gasteiger partial charge in [-0.15, -0.1) is 11.3 Å². The number of carbonyl (C=O) groups is 1. The van der Waals surface area contributed by atoms with Crippen molar-refractivity contribution in [1.82, 2.24) is 10.2 Å². The number of nitrogens with one attached hydrogen (secondary N) is 1. The monoisotopic (exact) mass is 350 g/mol. The summed E-state index contributed by atoms with van der Waals surface area (Å²) >= 11 is 1.69. The lowest BCUT2D eigenvalue weighted by atomic mass is 10.1. The fourth-order valence-corrected chi connectivity index (χ4v) is 3.42. The highest BCUT2D eigenvalue weighted by Crippen LogP contribution is 2.28. The van der Waals surface area contributed by atoms with Crippen molar-refractivity contribution in [3.8, 4) is 0 Å². The Bertz CT molecular complexity index is 666. The minimum Gasteiger partial charge on any atom is -0.355 e. The summed E-state index contributed by atoms with van der Waals surface area (Å²) < 4.78 is 27.1. The molecular weight excluding hydrogens is 330 g/mol. The van der Waals surface area contributed by atoms with Crippen LogP contribution in [0.1, 0.15) is 23.3 Å². The molecule has 0 unspecified atom stereocenters. The summed E-state index contributed by atoms with van der Waals surface area (Å²) in [5.74, 6) is -1.24. The first-order valence-corrected chi connectivity index (χ1v) is 8.97. The minimum atomic E-state index is -0.568. The maximum absolute atomic E-state index is 13.6. The van der Waals surface area contributed by atoms with E-state index >= 15 is 0 Å². The highest BCUT2D eigenvalue weighted by molar-refractivity contribution is 7.09. The molecule has 3 nitrogen and oxygen atoms in total. The highest BCUT2D eigenvalue weighted by atomic mass is 32.1. The molecule has 1 aromatic heterocycles. The van der Waals surface area contributed by atoms with Crippen LogP contribution in [0.2, 0.25) is 0 Å². The van der Waals surface area contributed by atoms with Crippen molar-refractivity contribution in [2.75, 3.05) is 13.1 Å². The molecule has 0 radical (unpaired) electrons. The van der Waals surface area contributed by atoms with Gasteiger partial charge in [-0.1, -0.05) is 12.1 Å². The van der Waals surface area contributed by atoms with Gasteiger partial charge in [-0.25, -0.2) is 8.78 Å². The molecular formula is C18H20F2N2OS. The van der Waals surface area contributed by atoms with E-state index in [1.807, 2.05) is 11.4 Å². The van der Waals surface area contributed by atoms with Crippen LogP contribution in [0.5, 0.6) is 0 Å². The summed E-state index contributed by atoms with van der Waals surface area (Å²) in [5.41, 5.74) is 0.0236. The lowest BCUT2D eigenvalue weighted by Gasteiger charge is -2.20. The predicted molar refractivity (Wildman–Crippen MR) is 90.8 cm³/mol. The van der Waals surface area contributed by atoms with Crippen molar-refractivity contribution >= 4 is 17.2 Å². The van der Waals surface area contributed by atoms with Crippen molar-refractivity contribution in [3.63, 3.8) is 0 Å². The first-order chi connectivity index (χ1) is 11.6. The quantitative estimate of drug-likeness (QED) is 0.792. The van der Waals surface area contributed by atoms with Crippen molar-refractivity contribution in [3.05, 3.63) is 57.8 Å². The summed E-state index contributed by atoms with van der Waals surface area (Å²) in [6.45, 7) is 1.33. The Morgan fingerprint density at radius 2 is 1.96 bits per heavy atom. The topological polar surface area (TPSA) is 32.3 Å². The van der Waals surface area contributed by atoms with Crippen molar-refractivity contribution in [2.45, 2.75) is 31.8 Å². The summed E-state index contributed by atoms with van der Waals surface area (Å²) in [4.78, 5) is 15.5. The van der Waals surface area contributed by atoms with Gasteiger partial charge in [0.1, 0.15) is 11.6 Å². The van der Waals surface area contributed by atoms with E-state index in [0.717, 1.165) is 19.4 Å². The van der Waals surface area contributed by atoms with E-state index in [2.05, 4.69) is 16.3 Å². The van der Waals surface area contributed by atoms with Gasteiger partial charge in [-0.2, -0.15) is 0 Å². The molecule has 1 saturated carbocycles. The first-order valence-electron chi connectivity index (χ1n) is 8.09. The van der Waals surface area contributed by atoms with E-state index in [1.54, 1.807) is 11.3 Å². The number of benzene rings is 1. The second-order valence-corrected chi connectivity index (χ2v) is 7.05. The molecule has 0 aliphatic heterocycles. The van der Waals surface area contributed by atoms with Gasteiger partial charge in [0.05, 0.1) is 6.54 Å². The average Bonchev–Trinajstić information content (AvgIpc) is 3.27. The molecule has 0 atom stereocenters. The Morgan fingerprint density at radius 1 is 1.21 bits per heavy atom. The van der Waals surface area contributed by atoms with Gasteiger partial charge >= 0.3 is 0 Å². The molecule has 0 spiro atoms. The standard InChI is InChI=1S/C18H20F2N2OS/c19-16-4-1-5-17(20)15(16)8-9-21-18(23)12-22(13-6-7-13)11-14-3-2-10-24-14/h1-5,10,13H,6-9,11-12H2,(H,21,23). The van der Waals surface area contributed by atoms with Crippen LogP contribution in [-0.4, -0.2) is 29.9 Å². The second kappa shape index (κ2) is 7.85. The Hall–Kier alpha value is -1.79. The third kappa shape index (κ3) is 4.61. The molecule has 1 fully saturated rings. The van der Waals surface area contributed by atoms with Crippen LogP contribution in [-0.2, 0) is 17.8 Å². The number of amides is 1. The molecule has 24 heavy (non-hydrogen) atoms. The van der Waals surface area contributed by atoms with E-state index < -0.39 is 11.6 Å². The number of nitrogens with zero attached hydrogens (tertiary/aromatic N) is 1. The van der Waals surface area contributed by atoms with Gasteiger partial charge < -0.3 is 5.32 Å². The second-order valence-electron chi connectivity index (χ2n) is 6.02. The molecule has 0 bridgehead atoms. The average molecular weight is 350 g/mol. The van der Waals surface area contributed by atoms with Crippen molar-refractivity contribution < 1.29 is 13.6 Å². The SMILES string of the molecule is O=C(CN(Cc1cccs1)C1CC1)NCCc1c(F)cccc1F. The molecule has 128 valence electrons. The van der Waals surface area contributed by atoms with E-state index in [0.29, 0.717) is 12.6 Å². The van der Waals surface area contributed by atoms with Crippen LogP contribution in [0.25, 0.3) is 0 Å². The predicted octanol–water partition coefficient (Wildman–Crippen LogP) is 3.35. The van der Waals surface area contributed by atoms with E-state index in [9.17, 15) is 13.6 Å². The van der Waals surface area contributed by atoms with Crippen molar-refractivity contribution in [1.29, 1.82) is 0 Å². The zero-order chi connectivity index (χ0) is 16.9. The maximum Gasteiger partial charge on any atom is 0.234 e. The minimum absolute atomic E-state index is 0.0236. The van der Waals surface area contributed by atoms with Gasteiger partial charge in [0.2, 0.25) is 5.91 Å². The number of thiophene rings is 1. The van der Waals surface area contributed by atoms with E-state index in [1.165, 1.54) is 23.1 Å². The molecule has 3 rings (SSSR count). The van der Waals surface area contributed by atoms with E-state index in [4.69, 9.17) is 0 Å². The zero-order valence-electron chi connectivity index (χ0n) is 13.3. The Labute approximate surface area is 144 Å². The first kappa shape index (κ1) is 17.0. The van der Waals surface area contributed by atoms with Crippen LogP contribution in [0.4, 0.5) is 8.78 Å². The maximum atomic E-state index is 13.6. The van der Waals surface area contributed by atoms with Crippen LogP contribution in [0.3, 0.4) is 0 Å². The number of hydrogen-bond donors (Lipinski definition) is 1. The molecule has 2 aromatic rings. The fraction of sp³-hybridized carbons (Fsp3) is 0.389. The molecule has 1 heterocycles. The summed E-state index contributed by atoms with van der Waals surface area (Å²) in [7, 11) is 0. The zero-order valence-corrected chi connectivity index (χ0v) is 14.1. The summed E-state index contributed by atoms with van der Waals surface area (Å²) in [6.07, 6.45) is 2.40. The van der Waals surface area contributed by atoms with Gasteiger partial charge in [-0.3, -0.25) is 9.69 Å². The normalized spacial score (nSPS) is 14.1. The molecule has 6 heteroatoms. The van der Waals surface area contributed by atoms with Gasteiger partial charge in [0, 0.05) is 29.6 Å². The highest BCUT2D eigenvalue weighted by Gasteiger charge is 2.30. The van der Waals surface area contributed by atoms with E-state index in [-0.39, 0.29) is 24.4 Å². The van der Waals surface area contributed by atoms with Crippen LogP contribution >= 0.6 is 11.3 Å².